The van der Waals surface area contributed by atoms with Crippen LogP contribution in [0, 0.1) is 0 Å². The molecule has 19 heavy (non-hydrogen) atoms. The first-order chi connectivity index (χ1) is 8.50. The van der Waals surface area contributed by atoms with Crippen LogP contribution in [0.2, 0.25) is 0 Å². The van der Waals surface area contributed by atoms with E-state index in [0.29, 0.717) is 18.7 Å². The highest BCUT2D eigenvalue weighted by molar-refractivity contribution is 9.10. The van der Waals surface area contributed by atoms with E-state index in [2.05, 4.69) is 26.6 Å². The van der Waals surface area contributed by atoms with Crippen LogP contribution >= 0.6 is 28.3 Å². The zero-order valence-electron chi connectivity index (χ0n) is 10.5. The van der Waals surface area contributed by atoms with Gasteiger partial charge in [-0.2, -0.15) is 0 Å². The maximum Gasteiger partial charge on any atom is 0.251 e. The van der Waals surface area contributed by atoms with Crippen molar-refractivity contribution in [2.45, 2.75) is 13.0 Å². The predicted molar refractivity (Wildman–Crippen MR) is 80.4 cm³/mol. The molecule has 0 saturated heterocycles. The second-order valence-electron chi connectivity index (χ2n) is 3.84. The molecule has 1 aromatic carbocycles. The number of benzene rings is 1. The molecule has 0 aromatic heterocycles. The summed E-state index contributed by atoms with van der Waals surface area (Å²) in [5, 5.41) is 5.31. The van der Waals surface area contributed by atoms with Crippen molar-refractivity contribution in [1.82, 2.24) is 10.6 Å². The van der Waals surface area contributed by atoms with Gasteiger partial charge in [-0.3, -0.25) is 9.59 Å². The largest absolute Gasteiger partial charge is 0.353 e. The standard InChI is InChI=1S/C12H16BrN3O2.ClH/c1-8(14)11(17)15-6-7-16-12(18)9-2-4-10(13)5-3-9;/h2-5,8H,6-7,14H2,1H3,(H,15,17)(H,16,18);1H/t8-;/m0./s1. The molecule has 1 aromatic rings. The minimum atomic E-state index is -0.535. The third-order valence-electron chi connectivity index (χ3n) is 2.23. The summed E-state index contributed by atoms with van der Waals surface area (Å²) in [6.45, 7) is 2.34. The Morgan fingerprint density at radius 2 is 1.74 bits per heavy atom. The molecule has 7 heteroatoms. The molecule has 0 unspecified atom stereocenters. The van der Waals surface area contributed by atoms with Gasteiger partial charge in [-0.15, -0.1) is 12.4 Å². The van der Waals surface area contributed by atoms with Gasteiger partial charge in [0.2, 0.25) is 5.91 Å². The second-order valence-corrected chi connectivity index (χ2v) is 4.76. The number of nitrogens with one attached hydrogen (secondary N) is 2. The van der Waals surface area contributed by atoms with Gasteiger partial charge in [0.05, 0.1) is 6.04 Å². The lowest BCUT2D eigenvalue weighted by molar-refractivity contribution is -0.121. The average Bonchev–Trinajstić information content (AvgIpc) is 2.34. The van der Waals surface area contributed by atoms with Gasteiger partial charge < -0.3 is 16.4 Å². The number of carbonyl (C=O) groups excluding carboxylic acids is 2. The molecule has 0 radical (unpaired) electrons. The lowest BCUT2D eigenvalue weighted by Crippen LogP contribution is -2.42. The number of amides is 2. The summed E-state index contributed by atoms with van der Waals surface area (Å²) in [7, 11) is 0. The molecule has 5 nitrogen and oxygen atoms in total. The molecule has 2 amide bonds. The SMILES string of the molecule is C[C@H](N)C(=O)NCCNC(=O)c1ccc(Br)cc1.Cl. The number of halogens is 2. The summed E-state index contributed by atoms with van der Waals surface area (Å²) in [5.41, 5.74) is 5.96. The normalized spacial score (nSPS) is 11.1. The van der Waals surface area contributed by atoms with Crippen molar-refractivity contribution in [2.75, 3.05) is 13.1 Å². The minimum Gasteiger partial charge on any atom is -0.353 e. The summed E-state index contributed by atoms with van der Waals surface area (Å²) in [4.78, 5) is 22.8. The number of carbonyl (C=O) groups is 2. The fraction of sp³-hybridized carbons (Fsp3) is 0.333. The van der Waals surface area contributed by atoms with Gasteiger partial charge in [0.15, 0.2) is 0 Å². The Morgan fingerprint density at radius 3 is 2.26 bits per heavy atom. The molecule has 0 saturated carbocycles. The number of nitrogens with two attached hydrogens (primary N) is 1. The van der Waals surface area contributed by atoms with E-state index in [9.17, 15) is 9.59 Å². The van der Waals surface area contributed by atoms with E-state index in [0.717, 1.165) is 4.47 Å². The smallest absolute Gasteiger partial charge is 0.251 e. The third kappa shape index (κ3) is 6.56. The van der Waals surface area contributed by atoms with Crippen molar-refractivity contribution < 1.29 is 9.59 Å². The molecule has 0 bridgehead atoms. The molecular formula is C12H17BrClN3O2. The van der Waals surface area contributed by atoms with Crippen molar-refractivity contribution >= 4 is 40.2 Å². The summed E-state index contributed by atoms with van der Waals surface area (Å²) < 4.78 is 0.920. The van der Waals surface area contributed by atoms with Gasteiger partial charge >= 0.3 is 0 Å². The van der Waals surface area contributed by atoms with E-state index in [4.69, 9.17) is 5.73 Å². The Kier molecular flexibility index (Phi) is 8.38. The van der Waals surface area contributed by atoms with Crippen LogP contribution in [0.4, 0.5) is 0 Å². The molecular weight excluding hydrogens is 334 g/mol. The van der Waals surface area contributed by atoms with Crippen LogP contribution in [0.5, 0.6) is 0 Å². The van der Waals surface area contributed by atoms with Crippen molar-refractivity contribution in [3.05, 3.63) is 34.3 Å². The van der Waals surface area contributed by atoms with Crippen molar-refractivity contribution in [2.24, 2.45) is 5.73 Å². The summed E-state index contributed by atoms with van der Waals surface area (Å²) in [6, 6.07) is 6.51. The average molecular weight is 351 g/mol. The van der Waals surface area contributed by atoms with Gasteiger partial charge in [0.1, 0.15) is 0 Å². The van der Waals surface area contributed by atoms with Crippen LogP contribution in [-0.4, -0.2) is 30.9 Å². The first kappa shape index (κ1) is 17.9. The minimum absolute atomic E-state index is 0. The zero-order chi connectivity index (χ0) is 13.5. The number of hydrogen-bond donors (Lipinski definition) is 3. The van der Waals surface area contributed by atoms with Crippen molar-refractivity contribution in [1.29, 1.82) is 0 Å². The van der Waals surface area contributed by atoms with Gasteiger partial charge in [-0.1, -0.05) is 15.9 Å². The Labute approximate surface area is 126 Å². The molecule has 4 N–H and O–H groups in total. The number of hydrogen-bond acceptors (Lipinski definition) is 3. The van der Waals surface area contributed by atoms with Gasteiger partial charge in [-0.05, 0) is 31.2 Å². The second kappa shape index (κ2) is 8.90. The quantitative estimate of drug-likeness (QED) is 0.694. The van der Waals surface area contributed by atoms with Crippen LogP contribution in [0.1, 0.15) is 17.3 Å². The molecule has 1 rings (SSSR count). The molecule has 0 fully saturated rings. The van der Waals surface area contributed by atoms with Crippen LogP contribution in [0.15, 0.2) is 28.7 Å². The topological polar surface area (TPSA) is 84.2 Å². The maximum absolute atomic E-state index is 11.7. The maximum atomic E-state index is 11.7. The van der Waals surface area contributed by atoms with Crippen LogP contribution in [-0.2, 0) is 4.79 Å². The highest BCUT2D eigenvalue weighted by Gasteiger charge is 2.07. The Hall–Kier alpha value is -1.11. The Morgan fingerprint density at radius 1 is 1.21 bits per heavy atom. The summed E-state index contributed by atoms with van der Waals surface area (Å²) in [5.74, 6) is -0.398. The van der Waals surface area contributed by atoms with E-state index < -0.39 is 6.04 Å². The van der Waals surface area contributed by atoms with Gasteiger partial charge in [0, 0.05) is 23.1 Å². The molecule has 0 aliphatic heterocycles. The van der Waals surface area contributed by atoms with E-state index in [1.807, 2.05) is 0 Å². The fourth-order valence-corrected chi connectivity index (χ4v) is 1.49. The third-order valence-corrected chi connectivity index (χ3v) is 2.76. The van der Waals surface area contributed by atoms with Crippen LogP contribution in [0.3, 0.4) is 0 Å². The Balaban J connectivity index is 0.00000324. The molecule has 106 valence electrons. The van der Waals surface area contributed by atoms with E-state index in [-0.39, 0.29) is 24.2 Å². The number of rotatable bonds is 5. The molecule has 0 heterocycles. The Bertz CT molecular complexity index is 423. The van der Waals surface area contributed by atoms with Crippen molar-refractivity contribution in [3.63, 3.8) is 0 Å². The summed E-state index contributed by atoms with van der Waals surface area (Å²) >= 11 is 3.30. The van der Waals surface area contributed by atoms with E-state index >= 15 is 0 Å². The lowest BCUT2D eigenvalue weighted by atomic mass is 10.2. The summed E-state index contributed by atoms with van der Waals surface area (Å²) in [6.07, 6.45) is 0. The zero-order valence-corrected chi connectivity index (χ0v) is 12.9. The first-order valence-electron chi connectivity index (χ1n) is 5.58. The van der Waals surface area contributed by atoms with Gasteiger partial charge in [0.25, 0.3) is 5.91 Å². The van der Waals surface area contributed by atoms with Crippen molar-refractivity contribution in [3.8, 4) is 0 Å². The highest BCUT2D eigenvalue weighted by Crippen LogP contribution is 2.10. The molecule has 0 aliphatic rings. The fourth-order valence-electron chi connectivity index (χ4n) is 1.23. The molecule has 0 spiro atoms. The monoisotopic (exact) mass is 349 g/mol. The lowest BCUT2D eigenvalue weighted by Gasteiger charge is -2.08. The molecule has 1 atom stereocenters. The van der Waals surface area contributed by atoms with Crippen LogP contribution < -0.4 is 16.4 Å². The first-order valence-corrected chi connectivity index (χ1v) is 6.37. The van der Waals surface area contributed by atoms with E-state index in [1.165, 1.54) is 0 Å². The van der Waals surface area contributed by atoms with E-state index in [1.54, 1.807) is 31.2 Å². The van der Waals surface area contributed by atoms with Crippen LogP contribution in [0.25, 0.3) is 0 Å². The van der Waals surface area contributed by atoms with Gasteiger partial charge in [-0.25, -0.2) is 0 Å². The predicted octanol–water partition coefficient (Wildman–Crippen LogP) is 1.06. The molecule has 0 aliphatic carbocycles. The highest BCUT2D eigenvalue weighted by atomic mass is 79.9.